The van der Waals surface area contributed by atoms with Crippen LogP contribution in [0.5, 0.6) is 0 Å². The van der Waals surface area contributed by atoms with E-state index >= 15 is 0 Å². The number of nitrogens with zero attached hydrogens (tertiary/aromatic N) is 2. The summed E-state index contributed by atoms with van der Waals surface area (Å²) in [5, 5.41) is 3.37. The van der Waals surface area contributed by atoms with Crippen molar-refractivity contribution >= 4 is 5.96 Å². The number of nitrogens with two attached hydrogens (primary N) is 1. The van der Waals surface area contributed by atoms with Crippen LogP contribution < -0.4 is 11.1 Å². The maximum atomic E-state index is 6.06. The molecule has 0 amide bonds. The fraction of sp³-hybridized carbons (Fsp3) is 0.682. The molecule has 1 saturated carbocycles. The lowest BCUT2D eigenvalue weighted by molar-refractivity contribution is 0.00566. The van der Waals surface area contributed by atoms with Gasteiger partial charge in [0.15, 0.2) is 5.96 Å². The summed E-state index contributed by atoms with van der Waals surface area (Å²) in [6.07, 6.45) is 10.0. The summed E-state index contributed by atoms with van der Waals surface area (Å²) in [5.74, 6) is 0.608. The normalized spacial score (nSPS) is 20.7. The average molecular weight is 373 g/mol. The van der Waals surface area contributed by atoms with E-state index in [1.807, 2.05) is 0 Å². The molecule has 1 aromatic carbocycles. The Morgan fingerprint density at radius 1 is 1.07 bits per heavy atom. The molecule has 2 aliphatic rings. The van der Waals surface area contributed by atoms with Crippen LogP contribution in [-0.4, -0.2) is 49.2 Å². The second-order valence-electron chi connectivity index (χ2n) is 7.93. The van der Waals surface area contributed by atoms with E-state index in [4.69, 9.17) is 10.5 Å². The van der Waals surface area contributed by atoms with E-state index in [1.54, 1.807) is 0 Å². The number of rotatable bonds is 8. The second-order valence-corrected chi connectivity index (χ2v) is 7.93. The zero-order valence-corrected chi connectivity index (χ0v) is 16.6. The maximum Gasteiger partial charge on any atom is 0.188 e. The molecule has 5 heteroatoms. The van der Waals surface area contributed by atoms with E-state index in [0.29, 0.717) is 18.1 Å². The maximum absolute atomic E-state index is 6.06. The summed E-state index contributed by atoms with van der Waals surface area (Å²) in [6, 6.07) is 11.2. The molecule has 0 radical (unpaired) electrons. The molecule has 1 saturated heterocycles. The van der Waals surface area contributed by atoms with Gasteiger partial charge < -0.3 is 15.8 Å². The van der Waals surface area contributed by atoms with Crippen LogP contribution >= 0.6 is 0 Å². The Bertz CT molecular complexity index is 549. The largest absolute Gasteiger partial charge is 0.378 e. The summed E-state index contributed by atoms with van der Waals surface area (Å²) < 4.78 is 6.06. The standard InChI is InChI=1S/C22H36N4O/c23-22(25-20-10-5-2-6-11-20)24-14-7-17-27-21-12-15-26(16-13-21)18-19-8-3-1-4-9-19/h1,3-4,8-9,20-21H,2,5-7,10-18H2,(H3,23,24,25). The van der Waals surface area contributed by atoms with Gasteiger partial charge >= 0.3 is 0 Å². The number of guanidine groups is 1. The third-order valence-corrected chi connectivity index (χ3v) is 5.68. The monoisotopic (exact) mass is 372 g/mol. The molecule has 0 aromatic heterocycles. The van der Waals surface area contributed by atoms with Crippen molar-refractivity contribution in [2.45, 2.75) is 70.1 Å². The molecule has 0 bridgehead atoms. The first-order chi connectivity index (χ1) is 13.3. The summed E-state index contributed by atoms with van der Waals surface area (Å²) in [4.78, 5) is 6.98. The first-order valence-electron chi connectivity index (χ1n) is 10.7. The zero-order valence-electron chi connectivity index (χ0n) is 16.6. The van der Waals surface area contributed by atoms with Gasteiger partial charge in [0.2, 0.25) is 0 Å². The summed E-state index contributed by atoms with van der Waals surface area (Å²) in [6.45, 7) is 4.82. The quantitative estimate of drug-likeness (QED) is 0.418. The van der Waals surface area contributed by atoms with Crippen LogP contribution in [0.4, 0.5) is 0 Å². The van der Waals surface area contributed by atoms with Gasteiger partial charge in [0.25, 0.3) is 0 Å². The van der Waals surface area contributed by atoms with E-state index in [9.17, 15) is 0 Å². The number of hydrogen-bond donors (Lipinski definition) is 2. The second kappa shape index (κ2) is 11.3. The molecule has 2 fully saturated rings. The van der Waals surface area contributed by atoms with E-state index < -0.39 is 0 Å². The molecular formula is C22H36N4O. The minimum atomic E-state index is 0.402. The first kappa shape index (κ1) is 20.2. The summed E-state index contributed by atoms with van der Waals surface area (Å²) in [5.41, 5.74) is 7.40. The van der Waals surface area contributed by atoms with E-state index in [2.05, 4.69) is 45.5 Å². The highest BCUT2D eigenvalue weighted by Crippen LogP contribution is 2.17. The van der Waals surface area contributed by atoms with E-state index in [1.165, 1.54) is 37.7 Å². The van der Waals surface area contributed by atoms with Crippen LogP contribution in [0.3, 0.4) is 0 Å². The van der Waals surface area contributed by atoms with Crippen molar-refractivity contribution in [2.75, 3.05) is 26.2 Å². The molecular weight excluding hydrogens is 336 g/mol. The molecule has 1 aliphatic carbocycles. The number of likely N-dealkylation sites (tertiary alicyclic amines) is 1. The highest BCUT2D eigenvalue weighted by Gasteiger charge is 2.19. The summed E-state index contributed by atoms with van der Waals surface area (Å²) in [7, 11) is 0. The lowest BCUT2D eigenvalue weighted by Gasteiger charge is -2.31. The van der Waals surface area contributed by atoms with Crippen molar-refractivity contribution < 1.29 is 4.74 Å². The van der Waals surface area contributed by atoms with Crippen molar-refractivity contribution in [1.82, 2.24) is 10.2 Å². The van der Waals surface area contributed by atoms with Crippen molar-refractivity contribution in [3.8, 4) is 0 Å². The van der Waals surface area contributed by atoms with Gasteiger partial charge in [0.05, 0.1) is 6.10 Å². The Morgan fingerprint density at radius 3 is 2.56 bits per heavy atom. The third kappa shape index (κ3) is 7.51. The molecule has 0 atom stereocenters. The predicted octanol–water partition coefficient (Wildman–Crippen LogP) is 3.29. The third-order valence-electron chi connectivity index (χ3n) is 5.68. The molecule has 3 rings (SSSR count). The number of hydrogen-bond acceptors (Lipinski definition) is 3. The Hall–Kier alpha value is -1.59. The summed E-state index contributed by atoms with van der Waals surface area (Å²) >= 11 is 0. The van der Waals surface area contributed by atoms with Gasteiger partial charge in [-0.05, 0) is 37.7 Å². The van der Waals surface area contributed by atoms with Crippen molar-refractivity contribution in [1.29, 1.82) is 0 Å². The fourth-order valence-corrected chi connectivity index (χ4v) is 4.09. The number of nitrogens with one attached hydrogen (secondary N) is 1. The molecule has 3 N–H and O–H groups in total. The highest BCUT2D eigenvalue weighted by atomic mass is 16.5. The molecule has 1 heterocycles. The van der Waals surface area contributed by atoms with E-state index in [0.717, 1.165) is 52.0 Å². The Morgan fingerprint density at radius 2 is 1.81 bits per heavy atom. The van der Waals surface area contributed by atoms with Gasteiger partial charge in [0, 0.05) is 38.8 Å². The molecule has 1 aromatic rings. The Labute approximate surface area is 164 Å². The minimum absolute atomic E-state index is 0.402. The van der Waals surface area contributed by atoms with Crippen LogP contribution in [0.2, 0.25) is 0 Å². The average Bonchev–Trinajstić information content (AvgIpc) is 2.70. The smallest absolute Gasteiger partial charge is 0.188 e. The number of aliphatic imine (C=N–C) groups is 1. The lowest BCUT2D eigenvalue weighted by atomic mass is 9.96. The van der Waals surface area contributed by atoms with Crippen LogP contribution in [0.15, 0.2) is 35.3 Å². The van der Waals surface area contributed by atoms with Crippen molar-refractivity contribution in [3.63, 3.8) is 0 Å². The van der Waals surface area contributed by atoms with Gasteiger partial charge in [-0.1, -0.05) is 49.6 Å². The van der Waals surface area contributed by atoms with Gasteiger partial charge in [0.1, 0.15) is 0 Å². The van der Waals surface area contributed by atoms with Crippen molar-refractivity contribution in [3.05, 3.63) is 35.9 Å². The van der Waals surface area contributed by atoms with Crippen LogP contribution in [0.25, 0.3) is 0 Å². The van der Waals surface area contributed by atoms with E-state index in [-0.39, 0.29) is 0 Å². The molecule has 0 spiro atoms. The van der Waals surface area contributed by atoms with Crippen molar-refractivity contribution in [2.24, 2.45) is 10.7 Å². The first-order valence-corrected chi connectivity index (χ1v) is 10.7. The predicted molar refractivity (Wildman–Crippen MR) is 112 cm³/mol. The minimum Gasteiger partial charge on any atom is -0.378 e. The van der Waals surface area contributed by atoms with Crippen LogP contribution in [-0.2, 0) is 11.3 Å². The zero-order chi connectivity index (χ0) is 18.7. The van der Waals surface area contributed by atoms with Crippen LogP contribution in [0, 0.1) is 0 Å². The Balaban J connectivity index is 1.23. The number of piperidine rings is 1. The molecule has 5 nitrogen and oxygen atoms in total. The van der Waals surface area contributed by atoms with Gasteiger partial charge in [-0.2, -0.15) is 0 Å². The fourth-order valence-electron chi connectivity index (χ4n) is 4.09. The number of ether oxygens (including phenoxy) is 1. The topological polar surface area (TPSA) is 62.9 Å². The lowest BCUT2D eigenvalue weighted by Crippen LogP contribution is -2.41. The van der Waals surface area contributed by atoms with Gasteiger partial charge in [-0.15, -0.1) is 0 Å². The van der Waals surface area contributed by atoms with Crippen LogP contribution in [0.1, 0.15) is 56.9 Å². The van der Waals surface area contributed by atoms with Gasteiger partial charge in [-0.3, -0.25) is 9.89 Å². The molecule has 0 unspecified atom stereocenters. The molecule has 150 valence electrons. The van der Waals surface area contributed by atoms with Gasteiger partial charge in [-0.25, -0.2) is 0 Å². The molecule has 1 aliphatic heterocycles. The highest BCUT2D eigenvalue weighted by molar-refractivity contribution is 5.78. The Kier molecular flexibility index (Phi) is 8.43. The number of benzene rings is 1. The molecule has 27 heavy (non-hydrogen) atoms. The SMILES string of the molecule is NC(=NCCCOC1CCN(Cc2ccccc2)CC1)NC1CCCCC1.